The first-order valence-corrected chi connectivity index (χ1v) is 6.87. The van der Waals surface area contributed by atoms with E-state index in [1.54, 1.807) is 11.3 Å². The quantitative estimate of drug-likeness (QED) is 0.892. The van der Waals surface area contributed by atoms with Gasteiger partial charge in [0.05, 0.1) is 5.69 Å². The summed E-state index contributed by atoms with van der Waals surface area (Å²) < 4.78 is 11.9. The molecule has 0 atom stereocenters. The standard InChI is InChI=1S/C12H16N2O2S/c1-2-8-9(13)11-12(17-8)10(14-16-11)7-3-5-15-6-4-7/h7H,2-6,13H2,1H3. The lowest BCUT2D eigenvalue weighted by Gasteiger charge is -2.19. The topological polar surface area (TPSA) is 61.3 Å². The molecule has 0 saturated carbocycles. The molecule has 1 aliphatic heterocycles. The predicted molar refractivity (Wildman–Crippen MR) is 68.5 cm³/mol. The van der Waals surface area contributed by atoms with Crippen molar-refractivity contribution in [2.24, 2.45) is 0 Å². The first-order valence-electron chi connectivity index (χ1n) is 6.05. The molecular formula is C12H16N2O2S. The van der Waals surface area contributed by atoms with Gasteiger partial charge >= 0.3 is 0 Å². The molecule has 3 rings (SSSR count). The van der Waals surface area contributed by atoms with Crippen molar-refractivity contribution in [2.75, 3.05) is 18.9 Å². The smallest absolute Gasteiger partial charge is 0.201 e. The van der Waals surface area contributed by atoms with Gasteiger partial charge in [0.15, 0.2) is 0 Å². The van der Waals surface area contributed by atoms with Gasteiger partial charge in [0.25, 0.3) is 0 Å². The van der Waals surface area contributed by atoms with Gasteiger partial charge in [0, 0.05) is 24.0 Å². The molecular weight excluding hydrogens is 236 g/mol. The zero-order valence-corrected chi connectivity index (χ0v) is 10.7. The summed E-state index contributed by atoms with van der Waals surface area (Å²) in [5.74, 6) is 0.466. The van der Waals surface area contributed by atoms with Gasteiger partial charge in [-0.2, -0.15) is 0 Å². The van der Waals surface area contributed by atoms with E-state index in [-0.39, 0.29) is 0 Å². The Kier molecular flexibility index (Phi) is 2.80. The van der Waals surface area contributed by atoms with Crippen LogP contribution in [0, 0.1) is 0 Å². The maximum atomic E-state index is 6.04. The van der Waals surface area contributed by atoms with Crippen LogP contribution in [0.15, 0.2) is 4.52 Å². The molecule has 0 spiro atoms. The molecule has 0 aliphatic carbocycles. The number of thiophene rings is 1. The van der Waals surface area contributed by atoms with Crippen molar-refractivity contribution >= 4 is 27.3 Å². The van der Waals surface area contributed by atoms with Gasteiger partial charge < -0.3 is 15.0 Å². The average molecular weight is 252 g/mol. The van der Waals surface area contributed by atoms with Gasteiger partial charge in [-0.3, -0.25) is 0 Å². The van der Waals surface area contributed by atoms with Crippen molar-refractivity contribution in [3.63, 3.8) is 0 Å². The minimum atomic E-state index is 0.466. The Hall–Kier alpha value is -1.07. The fraction of sp³-hybridized carbons (Fsp3) is 0.583. The van der Waals surface area contributed by atoms with Crippen LogP contribution in [0.2, 0.25) is 0 Å². The number of hydrogen-bond donors (Lipinski definition) is 1. The summed E-state index contributed by atoms with van der Waals surface area (Å²) in [5.41, 5.74) is 8.69. The second kappa shape index (κ2) is 4.31. The van der Waals surface area contributed by atoms with E-state index in [4.69, 9.17) is 15.0 Å². The normalized spacial score (nSPS) is 17.9. The van der Waals surface area contributed by atoms with Crippen molar-refractivity contribution in [3.8, 4) is 0 Å². The van der Waals surface area contributed by atoms with Gasteiger partial charge in [0.1, 0.15) is 10.4 Å². The first-order chi connectivity index (χ1) is 8.31. The highest BCUT2D eigenvalue weighted by Gasteiger charge is 2.25. The Labute approximate surface area is 104 Å². The lowest BCUT2D eigenvalue weighted by Crippen LogP contribution is -2.14. The van der Waals surface area contributed by atoms with Crippen LogP contribution in [-0.2, 0) is 11.2 Å². The molecule has 2 aromatic heterocycles. The Balaban J connectivity index is 2.04. The number of rotatable bonds is 2. The molecule has 0 amide bonds. The second-order valence-corrected chi connectivity index (χ2v) is 5.51. The van der Waals surface area contributed by atoms with Crippen molar-refractivity contribution in [3.05, 3.63) is 10.6 Å². The molecule has 0 bridgehead atoms. The fourth-order valence-electron chi connectivity index (χ4n) is 2.36. The third-order valence-electron chi connectivity index (χ3n) is 3.37. The van der Waals surface area contributed by atoms with Crippen LogP contribution < -0.4 is 5.73 Å². The van der Waals surface area contributed by atoms with Gasteiger partial charge in [-0.25, -0.2) is 0 Å². The van der Waals surface area contributed by atoms with Gasteiger partial charge in [-0.1, -0.05) is 12.1 Å². The highest BCUT2D eigenvalue weighted by atomic mass is 32.1. The van der Waals surface area contributed by atoms with Crippen LogP contribution in [0.1, 0.15) is 36.3 Å². The van der Waals surface area contributed by atoms with E-state index in [1.165, 1.54) is 4.88 Å². The molecule has 5 heteroatoms. The summed E-state index contributed by atoms with van der Waals surface area (Å²) >= 11 is 1.73. The number of fused-ring (bicyclic) bond motifs is 1. The Morgan fingerprint density at radius 2 is 2.18 bits per heavy atom. The predicted octanol–water partition coefficient (Wildman–Crippen LogP) is 2.93. The summed E-state index contributed by atoms with van der Waals surface area (Å²) in [6.45, 7) is 3.75. The number of nitrogens with two attached hydrogens (primary N) is 1. The molecule has 0 unspecified atom stereocenters. The molecule has 0 radical (unpaired) electrons. The van der Waals surface area contributed by atoms with E-state index in [1.807, 2.05) is 0 Å². The Morgan fingerprint density at radius 3 is 2.88 bits per heavy atom. The van der Waals surface area contributed by atoms with E-state index in [9.17, 15) is 0 Å². The molecule has 1 aliphatic rings. The number of nitrogens with zero attached hydrogens (tertiary/aromatic N) is 1. The van der Waals surface area contributed by atoms with E-state index < -0.39 is 0 Å². The number of ether oxygens (including phenoxy) is 1. The second-order valence-electron chi connectivity index (χ2n) is 4.41. The lowest BCUT2D eigenvalue weighted by atomic mass is 9.96. The molecule has 3 heterocycles. The average Bonchev–Trinajstić information content (AvgIpc) is 2.91. The Morgan fingerprint density at radius 1 is 1.41 bits per heavy atom. The minimum absolute atomic E-state index is 0.466. The molecule has 92 valence electrons. The van der Waals surface area contributed by atoms with Crippen molar-refractivity contribution in [2.45, 2.75) is 32.1 Å². The first kappa shape index (κ1) is 11.0. The van der Waals surface area contributed by atoms with Crippen LogP contribution in [0.3, 0.4) is 0 Å². The van der Waals surface area contributed by atoms with Gasteiger partial charge in [0.2, 0.25) is 5.58 Å². The molecule has 17 heavy (non-hydrogen) atoms. The summed E-state index contributed by atoms with van der Waals surface area (Å²) in [6.07, 6.45) is 3.01. The monoisotopic (exact) mass is 252 g/mol. The SMILES string of the molecule is CCc1sc2c(C3CCOCC3)noc2c1N. The minimum Gasteiger partial charge on any atom is -0.395 e. The van der Waals surface area contributed by atoms with Crippen LogP contribution in [-0.4, -0.2) is 18.4 Å². The molecule has 2 N–H and O–H groups in total. The van der Waals surface area contributed by atoms with E-state index >= 15 is 0 Å². The van der Waals surface area contributed by atoms with Crippen LogP contribution in [0.25, 0.3) is 10.3 Å². The van der Waals surface area contributed by atoms with E-state index in [0.717, 1.165) is 54.1 Å². The summed E-state index contributed by atoms with van der Waals surface area (Å²) in [4.78, 5) is 1.20. The molecule has 2 aromatic rings. The molecule has 4 nitrogen and oxygen atoms in total. The van der Waals surface area contributed by atoms with Crippen LogP contribution >= 0.6 is 11.3 Å². The van der Waals surface area contributed by atoms with Crippen LogP contribution in [0.4, 0.5) is 5.69 Å². The number of aromatic nitrogens is 1. The highest BCUT2D eigenvalue weighted by molar-refractivity contribution is 7.19. The lowest BCUT2D eigenvalue weighted by molar-refractivity contribution is 0.0841. The Bertz CT molecular complexity index is 526. The number of anilines is 1. The third-order valence-corrected chi connectivity index (χ3v) is 4.73. The molecule has 1 fully saturated rings. The maximum Gasteiger partial charge on any atom is 0.201 e. The highest BCUT2D eigenvalue weighted by Crippen LogP contribution is 2.40. The zero-order valence-electron chi connectivity index (χ0n) is 9.86. The van der Waals surface area contributed by atoms with E-state index in [2.05, 4.69) is 12.1 Å². The zero-order chi connectivity index (χ0) is 11.8. The summed E-state index contributed by atoms with van der Waals surface area (Å²) in [7, 11) is 0. The number of nitrogen functional groups attached to an aromatic ring is 1. The largest absolute Gasteiger partial charge is 0.395 e. The third kappa shape index (κ3) is 1.73. The van der Waals surface area contributed by atoms with Crippen molar-refractivity contribution in [1.82, 2.24) is 5.16 Å². The summed E-state index contributed by atoms with van der Waals surface area (Å²) in [6, 6.07) is 0. The number of aryl methyl sites for hydroxylation is 1. The number of hydrogen-bond acceptors (Lipinski definition) is 5. The van der Waals surface area contributed by atoms with Gasteiger partial charge in [-0.15, -0.1) is 11.3 Å². The molecule has 0 aromatic carbocycles. The molecule has 1 saturated heterocycles. The van der Waals surface area contributed by atoms with E-state index in [0.29, 0.717) is 5.92 Å². The van der Waals surface area contributed by atoms with Gasteiger partial charge in [-0.05, 0) is 19.3 Å². The van der Waals surface area contributed by atoms with Crippen LogP contribution in [0.5, 0.6) is 0 Å². The summed E-state index contributed by atoms with van der Waals surface area (Å²) in [5, 5.41) is 4.22. The fourth-order valence-corrected chi connectivity index (χ4v) is 3.50. The maximum absolute atomic E-state index is 6.04. The van der Waals surface area contributed by atoms with Crippen molar-refractivity contribution in [1.29, 1.82) is 0 Å². The van der Waals surface area contributed by atoms with Crippen molar-refractivity contribution < 1.29 is 9.26 Å².